The van der Waals surface area contributed by atoms with Gasteiger partial charge in [0, 0.05) is 36.2 Å². The summed E-state index contributed by atoms with van der Waals surface area (Å²) in [5.74, 6) is 0.924. The minimum atomic E-state index is -0.336. The quantitative estimate of drug-likeness (QED) is 0.434. The zero-order chi connectivity index (χ0) is 20.2. The van der Waals surface area contributed by atoms with E-state index in [4.69, 9.17) is 0 Å². The summed E-state index contributed by atoms with van der Waals surface area (Å²) in [7, 11) is 1.49. The second-order valence-corrected chi connectivity index (χ2v) is 11.9. The summed E-state index contributed by atoms with van der Waals surface area (Å²) in [4.78, 5) is 26.9. The molecule has 0 radical (unpaired) electrons. The molecule has 6 heteroatoms. The fourth-order valence-corrected chi connectivity index (χ4v) is 4.35. The maximum Gasteiger partial charge on any atom is 0.223 e. The number of nitrogens with zero attached hydrogens (tertiary/aromatic N) is 1. The predicted octanol–water partition coefficient (Wildman–Crippen LogP) is 4.69. The molecule has 1 atom stereocenters. The van der Waals surface area contributed by atoms with E-state index in [2.05, 4.69) is 51.6 Å². The molecule has 1 N–H and O–H groups in total. The van der Waals surface area contributed by atoms with Gasteiger partial charge in [-0.25, -0.2) is 0 Å². The summed E-state index contributed by atoms with van der Waals surface area (Å²) < 4.78 is -0.0108. The number of rotatable bonds is 9. The Morgan fingerprint density at radius 3 is 2.31 bits per heavy atom. The third kappa shape index (κ3) is 8.55. The van der Waals surface area contributed by atoms with E-state index in [1.54, 1.807) is 0 Å². The van der Waals surface area contributed by atoms with E-state index in [1.165, 1.54) is 10.8 Å². The number of amides is 2. The molecule has 0 aromatic rings. The van der Waals surface area contributed by atoms with Gasteiger partial charge in [-0.2, -0.15) is 0 Å². The summed E-state index contributed by atoms with van der Waals surface area (Å²) in [6.45, 7) is 16.5. The van der Waals surface area contributed by atoms with Crippen molar-refractivity contribution in [2.75, 3.05) is 13.1 Å². The highest BCUT2D eigenvalue weighted by atomic mass is 33.1. The average molecular weight is 403 g/mol. The molecule has 0 unspecified atom stereocenters. The largest absolute Gasteiger partial charge is 0.351 e. The van der Waals surface area contributed by atoms with Gasteiger partial charge in [0.05, 0.1) is 0 Å². The first kappa shape index (κ1) is 23.7. The van der Waals surface area contributed by atoms with Crippen molar-refractivity contribution in [3.05, 3.63) is 0 Å². The molecule has 1 fully saturated rings. The lowest BCUT2D eigenvalue weighted by Crippen LogP contribution is -2.47. The van der Waals surface area contributed by atoms with Gasteiger partial charge >= 0.3 is 0 Å². The third-order valence-electron chi connectivity index (χ3n) is 5.01. The van der Waals surface area contributed by atoms with Crippen LogP contribution in [-0.4, -0.2) is 40.1 Å². The molecule has 1 heterocycles. The van der Waals surface area contributed by atoms with Gasteiger partial charge in [0.1, 0.15) is 0 Å². The first-order valence-electron chi connectivity index (χ1n) is 9.67. The van der Waals surface area contributed by atoms with E-state index in [9.17, 15) is 9.59 Å². The van der Waals surface area contributed by atoms with Crippen molar-refractivity contribution in [3.8, 4) is 0 Å². The van der Waals surface area contributed by atoms with E-state index >= 15 is 0 Å². The van der Waals surface area contributed by atoms with Crippen LogP contribution in [0.25, 0.3) is 0 Å². The Bertz CT molecular complexity index is 504. The molecule has 1 rings (SSSR count). The zero-order valence-electron chi connectivity index (χ0n) is 17.6. The molecule has 2 amide bonds. The Labute approximate surface area is 169 Å². The molecule has 1 saturated heterocycles. The third-order valence-corrected chi connectivity index (χ3v) is 7.19. The van der Waals surface area contributed by atoms with E-state index in [0.29, 0.717) is 18.8 Å². The summed E-state index contributed by atoms with van der Waals surface area (Å²) in [6.07, 6.45) is 3.69. The molecule has 0 spiro atoms. The molecule has 0 bridgehead atoms. The Kier molecular flexibility index (Phi) is 8.40. The monoisotopic (exact) mass is 402 g/mol. The van der Waals surface area contributed by atoms with Crippen LogP contribution in [0.15, 0.2) is 0 Å². The van der Waals surface area contributed by atoms with Crippen LogP contribution in [-0.2, 0) is 9.59 Å². The highest BCUT2D eigenvalue weighted by molar-refractivity contribution is 8.69. The van der Waals surface area contributed by atoms with Gasteiger partial charge in [0.15, 0.2) is 0 Å². The number of thiol groups is 1. The van der Waals surface area contributed by atoms with Gasteiger partial charge < -0.3 is 10.2 Å². The van der Waals surface area contributed by atoms with E-state index in [-0.39, 0.29) is 27.5 Å². The summed E-state index contributed by atoms with van der Waals surface area (Å²) >= 11 is 4.27. The van der Waals surface area contributed by atoms with Gasteiger partial charge in [-0.15, -0.1) is 11.7 Å². The summed E-state index contributed by atoms with van der Waals surface area (Å²) in [6, 6.07) is 0. The van der Waals surface area contributed by atoms with Crippen LogP contribution in [0.4, 0.5) is 0 Å². The molecule has 0 saturated carbocycles. The lowest BCUT2D eigenvalue weighted by Gasteiger charge is -2.36. The lowest BCUT2D eigenvalue weighted by atomic mass is 9.77. The molecule has 1 aliphatic heterocycles. The first-order valence-corrected chi connectivity index (χ1v) is 11.5. The molecule has 152 valence electrons. The Morgan fingerprint density at radius 1 is 1.19 bits per heavy atom. The Balaban J connectivity index is 2.52. The number of likely N-dealkylation sites (tertiary alicyclic amines) is 1. The van der Waals surface area contributed by atoms with Crippen molar-refractivity contribution in [1.29, 1.82) is 0 Å². The molecule has 0 aromatic heterocycles. The first-order chi connectivity index (χ1) is 11.8. The van der Waals surface area contributed by atoms with Crippen LogP contribution in [0, 0.1) is 11.3 Å². The second kappa shape index (κ2) is 9.22. The Morgan fingerprint density at radius 2 is 1.81 bits per heavy atom. The van der Waals surface area contributed by atoms with E-state index in [0.717, 1.165) is 32.4 Å². The van der Waals surface area contributed by atoms with Gasteiger partial charge in [-0.1, -0.05) is 31.6 Å². The SMILES string of the molecule is C[C@H]1CCN(C(=O)CC(C)(C)CC(C)(C)NC(=O)CCC(C)(C)SS)C1. The second-order valence-electron chi connectivity index (χ2n) is 10.0. The standard InChI is InChI=1S/C20H38N2O2S2/c1-15-9-11-22(13-15)17(24)12-18(2,3)14-19(4,5)21-16(23)8-10-20(6,7)26-25/h15,25H,8-14H2,1-7H3,(H,21,23)/t15-/m0/s1. The average Bonchev–Trinajstić information content (AvgIpc) is 2.90. The number of hydrogen-bond donors (Lipinski definition) is 2. The number of hydrogen-bond acceptors (Lipinski definition) is 4. The predicted molar refractivity (Wildman–Crippen MR) is 115 cm³/mol. The van der Waals surface area contributed by atoms with Crippen LogP contribution in [0.1, 0.15) is 80.6 Å². The normalized spacial score (nSPS) is 18.9. The van der Waals surface area contributed by atoms with Crippen molar-refractivity contribution >= 4 is 34.3 Å². The van der Waals surface area contributed by atoms with Crippen molar-refractivity contribution < 1.29 is 9.59 Å². The number of carbonyl (C=O) groups is 2. The summed E-state index contributed by atoms with van der Waals surface area (Å²) in [5, 5.41) is 3.16. The van der Waals surface area contributed by atoms with Crippen LogP contribution < -0.4 is 5.32 Å². The Hall–Kier alpha value is -0.360. The number of nitrogens with one attached hydrogen (secondary N) is 1. The van der Waals surface area contributed by atoms with Gasteiger partial charge in [-0.05, 0) is 58.3 Å². The van der Waals surface area contributed by atoms with Crippen LogP contribution in [0.3, 0.4) is 0 Å². The van der Waals surface area contributed by atoms with Crippen molar-refractivity contribution in [1.82, 2.24) is 10.2 Å². The molecule has 1 aliphatic rings. The highest BCUT2D eigenvalue weighted by Gasteiger charge is 2.34. The van der Waals surface area contributed by atoms with Gasteiger partial charge in [0.25, 0.3) is 0 Å². The van der Waals surface area contributed by atoms with Gasteiger partial charge in [0.2, 0.25) is 11.8 Å². The molecule has 4 nitrogen and oxygen atoms in total. The van der Waals surface area contributed by atoms with E-state index < -0.39 is 0 Å². The van der Waals surface area contributed by atoms with Crippen LogP contribution in [0.5, 0.6) is 0 Å². The lowest BCUT2D eigenvalue weighted by molar-refractivity contribution is -0.132. The fraction of sp³-hybridized carbons (Fsp3) is 0.900. The number of carbonyl (C=O) groups excluding carboxylic acids is 2. The fourth-order valence-electron chi connectivity index (χ4n) is 3.89. The molecule has 0 aromatic carbocycles. The summed E-state index contributed by atoms with van der Waals surface area (Å²) in [5.41, 5.74) is -0.489. The smallest absolute Gasteiger partial charge is 0.223 e. The maximum absolute atomic E-state index is 12.6. The molecule has 26 heavy (non-hydrogen) atoms. The maximum atomic E-state index is 12.6. The highest BCUT2D eigenvalue weighted by Crippen LogP contribution is 2.34. The molecule has 0 aliphatic carbocycles. The topological polar surface area (TPSA) is 49.4 Å². The minimum Gasteiger partial charge on any atom is -0.351 e. The molecular formula is C20H38N2O2S2. The van der Waals surface area contributed by atoms with E-state index in [1.807, 2.05) is 18.7 Å². The van der Waals surface area contributed by atoms with Crippen LogP contribution in [0.2, 0.25) is 0 Å². The van der Waals surface area contributed by atoms with Crippen LogP contribution >= 0.6 is 22.5 Å². The van der Waals surface area contributed by atoms with Crippen molar-refractivity contribution in [2.45, 2.75) is 90.9 Å². The zero-order valence-corrected chi connectivity index (χ0v) is 19.4. The van der Waals surface area contributed by atoms with Crippen molar-refractivity contribution in [2.24, 2.45) is 11.3 Å². The molecular weight excluding hydrogens is 364 g/mol. The minimum absolute atomic E-state index is 0.0108. The van der Waals surface area contributed by atoms with Gasteiger partial charge in [-0.3, -0.25) is 9.59 Å². The van der Waals surface area contributed by atoms with Crippen molar-refractivity contribution in [3.63, 3.8) is 0 Å².